The van der Waals surface area contributed by atoms with Gasteiger partial charge in [-0.2, -0.15) is 0 Å². The van der Waals surface area contributed by atoms with E-state index in [4.69, 9.17) is 5.73 Å². The first kappa shape index (κ1) is 13.9. The quantitative estimate of drug-likeness (QED) is 0.836. The van der Waals surface area contributed by atoms with E-state index in [0.29, 0.717) is 12.5 Å². The van der Waals surface area contributed by atoms with Crippen molar-refractivity contribution in [3.8, 4) is 0 Å². The average molecular weight is 261 g/mol. The van der Waals surface area contributed by atoms with Crippen molar-refractivity contribution in [2.75, 3.05) is 32.9 Å². The van der Waals surface area contributed by atoms with Crippen molar-refractivity contribution >= 4 is 11.6 Å². The molecule has 1 aliphatic rings. The zero-order chi connectivity index (χ0) is 13.8. The van der Waals surface area contributed by atoms with Gasteiger partial charge in [-0.15, -0.1) is 0 Å². The zero-order valence-corrected chi connectivity index (χ0v) is 11.8. The molecule has 0 bridgehead atoms. The van der Waals surface area contributed by atoms with Crippen LogP contribution in [0.25, 0.3) is 0 Å². The lowest BCUT2D eigenvalue weighted by Gasteiger charge is -2.35. The number of nitrogen functional groups attached to an aromatic ring is 1. The van der Waals surface area contributed by atoms with Crippen LogP contribution in [0.1, 0.15) is 18.4 Å². The van der Waals surface area contributed by atoms with Gasteiger partial charge in [0.15, 0.2) is 0 Å². The molecule has 0 atom stereocenters. The summed E-state index contributed by atoms with van der Waals surface area (Å²) in [4.78, 5) is 16.5. The van der Waals surface area contributed by atoms with Gasteiger partial charge >= 0.3 is 0 Å². The molecule has 1 heterocycles. The summed E-state index contributed by atoms with van der Waals surface area (Å²) >= 11 is 0. The molecule has 2 rings (SSSR count). The van der Waals surface area contributed by atoms with Crippen LogP contribution in [0.4, 0.5) is 5.69 Å². The SMILES string of the molecule is CN(C)C1CCN(C(=O)Cc2cccc(N)c2)CC1. The molecule has 1 aromatic carbocycles. The highest BCUT2D eigenvalue weighted by atomic mass is 16.2. The highest BCUT2D eigenvalue weighted by molar-refractivity contribution is 5.79. The molecule has 0 aliphatic carbocycles. The summed E-state index contributed by atoms with van der Waals surface area (Å²) in [5, 5.41) is 0. The molecule has 19 heavy (non-hydrogen) atoms. The molecular weight excluding hydrogens is 238 g/mol. The van der Waals surface area contributed by atoms with Crippen molar-refractivity contribution in [2.24, 2.45) is 0 Å². The first-order valence-electron chi connectivity index (χ1n) is 6.85. The normalized spacial score (nSPS) is 16.9. The van der Waals surface area contributed by atoms with E-state index in [9.17, 15) is 4.79 Å². The minimum Gasteiger partial charge on any atom is -0.399 e. The monoisotopic (exact) mass is 261 g/mol. The Kier molecular flexibility index (Phi) is 4.43. The summed E-state index contributed by atoms with van der Waals surface area (Å²) in [6.07, 6.45) is 2.59. The van der Waals surface area contributed by atoms with Crippen LogP contribution >= 0.6 is 0 Å². The van der Waals surface area contributed by atoms with E-state index < -0.39 is 0 Å². The van der Waals surface area contributed by atoms with Gasteiger partial charge in [-0.1, -0.05) is 12.1 Å². The molecular formula is C15H23N3O. The number of piperidine rings is 1. The molecule has 1 fully saturated rings. The maximum atomic E-state index is 12.2. The molecule has 0 spiro atoms. The van der Waals surface area contributed by atoms with Crippen molar-refractivity contribution in [3.63, 3.8) is 0 Å². The minimum absolute atomic E-state index is 0.211. The van der Waals surface area contributed by atoms with Crippen LogP contribution in [-0.2, 0) is 11.2 Å². The Morgan fingerprint density at radius 2 is 2.05 bits per heavy atom. The topological polar surface area (TPSA) is 49.6 Å². The Labute approximate surface area is 115 Å². The third-order valence-corrected chi connectivity index (χ3v) is 3.85. The van der Waals surface area contributed by atoms with E-state index in [1.54, 1.807) is 0 Å². The lowest BCUT2D eigenvalue weighted by molar-refractivity contribution is -0.131. The molecule has 0 radical (unpaired) electrons. The van der Waals surface area contributed by atoms with E-state index in [2.05, 4.69) is 19.0 Å². The second kappa shape index (κ2) is 6.06. The molecule has 1 aromatic rings. The summed E-state index contributed by atoms with van der Waals surface area (Å²) in [6.45, 7) is 1.73. The average Bonchev–Trinajstić information content (AvgIpc) is 2.39. The Morgan fingerprint density at radius 1 is 1.37 bits per heavy atom. The number of carbonyl (C=O) groups is 1. The molecule has 104 valence electrons. The largest absolute Gasteiger partial charge is 0.399 e. The van der Waals surface area contributed by atoms with E-state index in [1.807, 2.05) is 29.2 Å². The van der Waals surface area contributed by atoms with Gasteiger partial charge in [-0.25, -0.2) is 0 Å². The number of anilines is 1. The van der Waals surface area contributed by atoms with Crippen LogP contribution in [-0.4, -0.2) is 48.9 Å². The van der Waals surface area contributed by atoms with E-state index in [0.717, 1.165) is 37.2 Å². The number of hydrogen-bond donors (Lipinski definition) is 1. The number of likely N-dealkylation sites (tertiary alicyclic amines) is 1. The second-order valence-corrected chi connectivity index (χ2v) is 5.50. The van der Waals surface area contributed by atoms with Crippen LogP contribution in [0.15, 0.2) is 24.3 Å². The number of nitrogens with zero attached hydrogens (tertiary/aromatic N) is 2. The van der Waals surface area contributed by atoms with E-state index in [-0.39, 0.29) is 5.91 Å². The molecule has 0 aromatic heterocycles. The minimum atomic E-state index is 0.211. The van der Waals surface area contributed by atoms with E-state index in [1.165, 1.54) is 0 Å². The van der Waals surface area contributed by atoms with Gasteiger partial charge in [-0.3, -0.25) is 4.79 Å². The van der Waals surface area contributed by atoms with Crippen molar-refractivity contribution in [1.82, 2.24) is 9.80 Å². The fourth-order valence-electron chi connectivity index (χ4n) is 2.62. The lowest BCUT2D eigenvalue weighted by atomic mass is 10.0. The fourth-order valence-corrected chi connectivity index (χ4v) is 2.62. The number of rotatable bonds is 3. The molecule has 1 amide bonds. The van der Waals surface area contributed by atoms with Crippen LogP contribution in [0.2, 0.25) is 0 Å². The van der Waals surface area contributed by atoms with Crippen LogP contribution in [0.5, 0.6) is 0 Å². The molecule has 2 N–H and O–H groups in total. The molecule has 0 unspecified atom stereocenters. The number of carbonyl (C=O) groups excluding carboxylic acids is 1. The van der Waals surface area contributed by atoms with Crippen molar-refractivity contribution in [2.45, 2.75) is 25.3 Å². The van der Waals surface area contributed by atoms with Crippen molar-refractivity contribution < 1.29 is 4.79 Å². The van der Waals surface area contributed by atoms with Gasteiger partial charge in [0.1, 0.15) is 0 Å². The highest BCUT2D eigenvalue weighted by Gasteiger charge is 2.23. The summed E-state index contributed by atoms with van der Waals surface area (Å²) in [6, 6.07) is 8.19. The van der Waals surface area contributed by atoms with Gasteiger partial charge < -0.3 is 15.5 Å². The molecule has 1 aliphatic heterocycles. The van der Waals surface area contributed by atoms with Gasteiger partial charge in [0.05, 0.1) is 6.42 Å². The van der Waals surface area contributed by atoms with Gasteiger partial charge in [0.2, 0.25) is 5.91 Å². The lowest BCUT2D eigenvalue weighted by Crippen LogP contribution is -2.44. The molecule has 1 saturated heterocycles. The number of nitrogens with two attached hydrogens (primary N) is 1. The Hall–Kier alpha value is -1.55. The Morgan fingerprint density at radius 3 is 2.63 bits per heavy atom. The predicted octanol–water partition coefficient (Wildman–Crippen LogP) is 1.36. The van der Waals surface area contributed by atoms with Crippen molar-refractivity contribution in [3.05, 3.63) is 29.8 Å². The van der Waals surface area contributed by atoms with Gasteiger partial charge in [0.25, 0.3) is 0 Å². The maximum Gasteiger partial charge on any atom is 0.226 e. The fraction of sp³-hybridized carbons (Fsp3) is 0.533. The predicted molar refractivity (Wildman–Crippen MR) is 77.8 cm³/mol. The summed E-state index contributed by atoms with van der Waals surface area (Å²) in [5.74, 6) is 0.211. The third-order valence-electron chi connectivity index (χ3n) is 3.85. The Bertz CT molecular complexity index is 437. The second-order valence-electron chi connectivity index (χ2n) is 5.50. The van der Waals surface area contributed by atoms with Crippen LogP contribution in [0, 0.1) is 0 Å². The molecule has 4 nitrogen and oxygen atoms in total. The van der Waals surface area contributed by atoms with Crippen LogP contribution < -0.4 is 5.73 Å². The molecule has 4 heteroatoms. The van der Waals surface area contributed by atoms with Gasteiger partial charge in [0, 0.05) is 24.8 Å². The maximum absolute atomic E-state index is 12.2. The number of hydrogen-bond acceptors (Lipinski definition) is 3. The standard InChI is InChI=1S/C15H23N3O/c1-17(2)14-6-8-18(9-7-14)15(19)11-12-4-3-5-13(16)10-12/h3-5,10,14H,6-9,11,16H2,1-2H3. The van der Waals surface area contributed by atoms with Gasteiger partial charge in [-0.05, 0) is 44.6 Å². The first-order valence-corrected chi connectivity index (χ1v) is 6.85. The zero-order valence-electron chi connectivity index (χ0n) is 11.8. The summed E-state index contributed by atoms with van der Waals surface area (Å²) in [5.41, 5.74) is 7.45. The first-order chi connectivity index (χ1) is 9.06. The number of amides is 1. The molecule has 0 saturated carbocycles. The number of benzene rings is 1. The summed E-state index contributed by atoms with van der Waals surface area (Å²) in [7, 11) is 4.21. The van der Waals surface area contributed by atoms with E-state index >= 15 is 0 Å². The summed E-state index contributed by atoms with van der Waals surface area (Å²) < 4.78 is 0. The van der Waals surface area contributed by atoms with Crippen LogP contribution in [0.3, 0.4) is 0 Å². The smallest absolute Gasteiger partial charge is 0.226 e. The highest BCUT2D eigenvalue weighted by Crippen LogP contribution is 2.16. The van der Waals surface area contributed by atoms with Crippen molar-refractivity contribution in [1.29, 1.82) is 0 Å². The third kappa shape index (κ3) is 3.70. The Balaban J connectivity index is 1.88.